The predicted octanol–water partition coefficient (Wildman–Crippen LogP) is 3.79. The summed E-state index contributed by atoms with van der Waals surface area (Å²) in [7, 11) is 0. The fourth-order valence-electron chi connectivity index (χ4n) is 3.79. The van der Waals surface area contributed by atoms with E-state index in [1.165, 1.54) is 11.1 Å². The molecule has 2 atom stereocenters. The minimum absolute atomic E-state index is 0.196. The fourth-order valence-corrected chi connectivity index (χ4v) is 4.00. The molecular formula is C21H23ClN2O. The number of piperazine rings is 1. The standard InChI is InChI=1S/C21H23ClN2O/c22-18-8-4-5-16(13-18)15-23-9-11-24(12-10-23)21(25)20-14-19(20)17-6-2-1-3-7-17/h1-8,13,19-20H,9-12,14-15H2. The minimum Gasteiger partial charge on any atom is -0.340 e. The van der Waals surface area contributed by atoms with Gasteiger partial charge in [0.25, 0.3) is 0 Å². The van der Waals surface area contributed by atoms with Crippen molar-refractivity contribution in [2.24, 2.45) is 5.92 Å². The van der Waals surface area contributed by atoms with Gasteiger partial charge in [-0.2, -0.15) is 0 Å². The molecule has 1 amide bonds. The Kier molecular flexibility index (Phi) is 4.78. The van der Waals surface area contributed by atoms with Crippen LogP contribution in [0.3, 0.4) is 0 Å². The Bertz CT molecular complexity index is 741. The van der Waals surface area contributed by atoms with Gasteiger partial charge in [0, 0.05) is 43.7 Å². The van der Waals surface area contributed by atoms with Gasteiger partial charge in [0.05, 0.1) is 0 Å². The molecule has 2 aromatic rings. The molecule has 4 rings (SSSR count). The van der Waals surface area contributed by atoms with E-state index in [1.54, 1.807) is 0 Å². The Hall–Kier alpha value is -1.84. The van der Waals surface area contributed by atoms with E-state index in [2.05, 4.69) is 40.1 Å². The molecule has 25 heavy (non-hydrogen) atoms. The second-order valence-electron chi connectivity index (χ2n) is 7.09. The highest BCUT2D eigenvalue weighted by Gasteiger charge is 2.45. The van der Waals surface area contributed by atoms with Crippen molar-refractivity contribution in [3.63, 3.8) is 0 Å². The lowest BCUT2D eigenvalue weighted by Gasteiger charge is -2.35. The number of amides is 1. The molecule has 0 spiro atoms. The summed E-state index contributed by atoms with van der Waals surface area (Å²) in [4.78, 5) is 17.2. The van der Waals surface area contributed by atoms with Crippen LogP contribution in [0.25, 0.3) is 0 Å². The van der Waals surface area contributed by atoms with Crippen LogP contribution in [0.2, 0.25) is 5.02 Å². The molecule has 1 saturated heterocycles. The largest absolute Gasteiger partial charge is 0.340 e. The van der Waals surface area contributed by atoms with Crippen molar-refractivity contribution in [1.29, 1.82) is 0 Å². The van der Waals surface area contributed by atoms with Crippen molar-refractivity contribution >= 4 is 17.5 Å². The van der Waals surface area contributed by atoms with Gasteiger partial charge in [-0.3, -0.25) is 9.69 Å². The zero-order valence-electron chi connectivity index (χ0n) is 14.3. The van der Waals surface area contributed by atoms with Gasteiger partial charge in [0.1, 0.15) is 0 Å². The molecule has 2 fully saturated rings. The molecule has 1 heterocycles. The molecule has 2 aliphatic rings. The molecule has 0 N–H and O–H groups in total. The second-order valence-corrected chi connectivity index (χ2v) is 7.53. The van der Waals surface area contributed by atoms with Crippen LogP contribution >= 0.6 is 11.6 Å². The van der Waals surface area contributed by atoms with Gasteiger partial charge in [0.2, 0.25) is 5.91 Å². The summed E-state index contributed by atoms with van der Waals surface area (Å²) in [5.41, 5.74) is 2.54. The van der Waals surface area contributed by atoms with Crippen molar-refractivity contribution in [3.05, 3.63) is 70.7 Å². The molecule has 0 radical (unpaired) electrons. The summed E-state index contributed by atoms with van der Waals surface area (Å²) in [6.45, 7) is 4.43. The number of hydrogen-bond acceptors (Lipinski definition) is 2. The van der Waals surface area contributed by atoms with Crippen LogP contribution in [0.15, 0.2) is 54.6 Å². The number of benzene rings is 2. The Balaban J connectivity index is 1.28. The Morgan fingerprint density at radius 1 is 1.00 bits per heavy atom. The number of nitrogens with zero attached hydrogens (tertiary/aromatic N) is 2. The number of carbonyl (C=O) groups is 1. The summed E-state index contributed by atoms with van der Waals surface area (Å²) in [5, 5.41) is 0.784. The Morgan fingerprint density at radius 2 is 1.76 bits per heavy atom. The van der Waals surface area contributed by atoms with Crippen molar-refractivity contribution in [3.8, 4) is 0 Å². The zero-order valence-corrected chi connectivity index (χ0v) is 15.0. The monoisotopic (exact) mass is 354 g/mol. The highest BCUT2D eigenvalue weighted by atomic mass is 35.5. The lowest BCUT2D eigenvalue weighted by atomic mass is 10.1. The molecule has 1 aliphatic heterocycles. The van der Waals surface area contributed by atoms with E-state index in [0.29, 0.717) is 11.8 Å². The second kappa shape index (κ2) is 7.19. The molecule has 0 bridgehead atoms. The van der Waals surface area contributed by atoms with Crippen LogP contribution in [0.1, 0.15) is 23.5 Å². The molecule has 2 unspecified atom stereocenters. The van der Waals surface area contributed by atoms with E-state index in [1.807, 2.05) is 24.3 Å². The quantitative estimate of drug-likeness (QED) is 0.834. The maximum absolute atomic E-state index is 12.7. The number of carbonyl (C=O) groups excluding carboxylic acids is 1. The first-order valence-electron chi connectivity index (χ1n) is 9.01. The third kappa shape index (κ3) is 3.88. The molecule has 1 aliphatic carbocycles. The lowest BCUT2D eigenvalue weighted by Crippen LogP contribution is -2.48. The lowest BCUT2D eigenvalue weighted by molar-refractivity contribution is -0.134. The maximum atomic E-state index is 12.7. The van der Waals surface area contributed by atoms with E-state index in [9.17, 15) is 4.79 Å². The topological polar surface area (TPSA) is 23.6 Å². The molecule has 1 saturated carbocycles. The van der Waals surface area contributed by atoms with Gasteiger partial charge in [-0.1, -0.05) is 54.1 Å². The Labute approximate surface area is 154 Å². The average molecular weight is 355 g/mol. The zero-order chi connectivity index (χ0) is 17.2. The molecule has 4 heteroatoms. The summed E-state index contributed by atoms with van der Waals surface area (Å²) in [6.07, 6.45) is 1.01. The highest BCUT2D eigenvalue weighted by Crippen LogP contribution is 2.48. The van der Waals surface area contributed by atoms with Gasteiger partial charge >= 0.3 is 0 Å². The van der Waals surface area contributed by atoms with Crippen LogP contribution in [-0.4, -0.2) is 41.9 Å². The van der Waals surface area contributed by atoms with Gasteiger partial charge in [-0.05, 0) is 35.6 Å². The third-order valence-electron chi connectivity index (χ3n) is 5.31. The molecular weight excluding hydrogens is 332 g/mol. The first kappa shape index (κ1) is 16.6. The van der Waals surface area contributed by atoms with Gasteiger partial charge in [-0.25, -0.2) is 0 Å². The van der Waals surface area contributed by atoms with Crippen LogP contribution in [-0.2, 0) is 11.3 Å². The maximum Gasteiger partial charge on any atom is 0.226 e. The van der Waals surface area contributed by atoms with E-state index in [4.69, 9.17) is 11.6 Å². The van der Waals surface area contributed by atoms with Crippen LogP contribution in [0.4, 0.5) is 0 Å². The van der Waals surface area contributed by atoms with Crippen LogP contribution in [0, 0.1) is 5.92 Å². The SMILES string of the molecule is O=C(C1CC1c1ccccc1)N1CCN(Cc2cccc(Cl)c2)CC1. The molecule has 2 aromatic carbocycles. The first-order chi connectivity index (χ1) is 12.2. The van der Waals surface area contributed by atoms with Crippen molar-refractivity contribution < 1.29 is 4.79 Å². The minimum atomic E-state index is 0.196. The van der Waals surface area contributed by atoms with Crippen molar-refractivity contribution in [2.45, 2.75) is 18.9 Å². The van der Waals surface area contributed by atoms with Gasteiger partial charge in [0.15, 0.2) is 0 Å². The van der Waals surface area contributed by atoms with E-state index >= 15 is 0 Å². The van der Waals surface area contributed by atoms with E-state index < -0.39 is 0 Å². The number of halogens is 1. The average Bonchev–Trinajstić information content (AvgIpc) is 3.43. The van der Waals surface area contributed by atoms with Gasteiger partial charge < -0.3 is 4.90 Å². The molecule has 3 nitrogen and oxygen atoms in total. The smallest absolute Gasteiger partial charge is 0.226 e. The fraction of sp³-hybridized carbons (Fsp3) is 0.381. The van der Waals surface area contributed by atoms with E-state index in [-0.39, 0.29) is 5.92 Å². The Morgan fingerprint density at radius 3 is 2.48 bits per heavy atom. The molecule has 130 valence electrons. The molecule has 0 aromatic heterocycles. The predicted molar refractivity (Wildman–Crippen MR) is 101 cm³/mol. The normalized spacial score (nSPS) is 23.5. The highest BCUT2D eigenvalue weighted by molar-refractivity contribution is 6.30. The summed E-state index contributed by atoms with van der Waals surface area (Å²) < 4.78 is 0. The summed E-state index contributed by atoms with van der Waals surface area (Å²) >= 11 is 6.06. The van der Waals surface area contributed by atoms with Crippen LogP contribution in [0.5, 0.6) is 0 Å². The summed E-state index contributed by atoms with van der Waals surface area (Å²) in [5.74, 6) is 0.969. The number of hydrogen-bond donors (Lipinski definition) is 0. The summed E-state index contributed by atoms with van der Waals surface area (Å²) in [6, 6.07) is 18.5. The third-order valence-corrected chi connectivity index (χ3v) is 5.55. The van der Waals surface area contributed by atoms with Crippen LogP contribution < -0.4 is 0 Å². The van der Waals surface area contributed by atoms with E-state index in [0.717, 1.165) is 44.2 Å². The van der Waals surface area contributed by atoms with Crippen molar-refractivity contribution in [1.82, 2.24) is 9.80 Å². The number of rotatable bonds is 4. The van der Waals surface area contributed by atoms with Gasteiger partial charge in [-0.15, -0.1) is 0 Å². The van der Waals surface area contributed by atoms with Crippen molar-refractivity contribution in [2.75, 3.05) is 26.2 Å². The first-order valence-corrected chi connectivity index (χ1v) is 9.39.